The van der Waals surface area contributed by atoms with Gasteiger partial charge in [-0.05, 0) is 35.7 Å². The van der Waals surface area contributed by atoms with Crippen LogP contribution in [0.4, 0.5) is 13.2 Å². The number of halogens is 3. The van der Waals surface area contributed by atoms with Crippen molar-refractivity contribution < 1.29 is 13.2 Å². The summed E-state index contributed by atoms with van der Waals surface area (Å²) in [4.78, 5) is 0. The first-order chi connectivity index (χ1) is 6.47. The van der Waals surface area contributed by atoms with Crippen molar-refractivity contribution >= 4 is 11.3 Å². The molecular weight excluding hydrogens is 211 g/mol. The van der Waals surface area contributed by atoms with E-state index in [9.17, 15) is 13.2 Å². The van der Waals surface area contributed by atoms with Gasteiger partial charge in [0.1, 0.15) is 0 Å². The number of nitrogens with one attached hydrogen (secondary N) is 1. The van der Waals surface area contributed by atoms with Crippen molar-refractivity contribution in [3.8, 4) is 0 Å². The van der Waals surface area contributed by atoms with Gasteiger partial charge in [0, 0.05) is 6.04 Å². The Balaban J connectivity index is 2.26. The van der Waals surface area contributed by atoms with E-state index < -0.39 is 12.7 Å². The zero-order chi connectivity index (χ0) is 10.6. The monoisotopic (exact) mass is 223 g/mol. The Labute approximate surface area is 84.9 Å². The lowest BCUT2D eigenvalue weighted by Crippen LogP contribution is -2.36. The summed E-state index contributed by atoms with van der Waals surface area (Å²) < 4.78 is 35.5. The highest BCUT2D eigenvalue weighted by Gasteiger charge is 2.27. The molecule has 0 amide bonds. The Kier molecular flexibility index (Phi) is 3.95. The normalized spacial score (nSPS) is 14.3. The standard InChI is InChI=1S/C9H12F3NS/c1-7(13-6-9(10,11)12)4-8-2-3-14-5-8/h2-3,5,7,13H,4,6H2,1H3. The summed E-state index contributed by atoms with van der Waals surface area (Å²) in [5.41, 5.74) is 1.08. The first-order valence-corrected chi connectivity index (χ1v) is 5.23. The predicted molar refractivity (Wildman–Crippen MR) is 51.5 cm³/mol. The van der Waals surface area contributed by atoms with Gasteiger partial charge in [-0.1, -0.05) is 0 Å². The summed E-state index contributed by atoms with van der Waals surface area (Å²) >= 11 is 1.56. The van der Waals surface area contributed by atoms with E-state index in [1.54, 1.807) is 18.3 Å². The van der Waals surface area contributed by atoms with Crippen LogP contribution in [0, 0.1) is 0 Å². The molecule has 0 aromatic carbocycles. The fraction of sp³-hybridized carbons (Fsp3) is 0.556. The molecule has 0 saturated carbocycles. The number of rotatable bonds is 4. The molecule has 0 aliphatic heterocycles. The lowest BCUT2D eigenvalue weighted by molar-refractivity contribution is -0.126. The second-order valence-corrected chi connectivity index (χ2v) is 4.01. The van der Waals surface area contributed by atoms with Crippen molar-refractivity contribution in [2.45, 2.75) is 25.6 Å². The van der Waals surface area contributed by atoms with Gasteiger partial charge in [-0.3, -0.25) is 0 Å². The number of alkyl halides is 3. The van der Waals surface area contributed by atoms with Gasteiger partial charge in [-0.25, -0.2) is 0 Å². The molecule has 1 rings (SSSR count). The lowest BCUT2D eigenvalue weighted by atomic mass is 10.1. The molecule has 1 heterocycles. The topological polar surface area (TPSA) is 12.0 Å². The second-order valence-electron chi connectivity index (χ2n) is 3.23. The Hall–Kier alpha value is -0.550. The summed E-state index contributed by atoms with van der Waals surface area (Å²) in [5, 5.41) is 6.31. The minimum absolute atomic E-state index is 0.147. The maximum atomic E-state index is 11.8. The summed E-state index contributed by atoms with van der Waals surface area (Å²) in [6.45, 7) is 0.835. The van der Waals surface area contributed by atoms with Crippen molar-refractivity contribution in [2.75, 3.05) is 6.54 Å². The average molecular weight is 223 g/mol. The molecule has 0 aliphatic rings. The van der Waals surface area contributed by atoms with Crippen molar-refractivity contribution in [2.24, 2.45) is 0 Å². The number of hydrogen-bond donors (Lipinski definition) is 1. The summed E-state index contributed by atoms with van der Waals surface area (Å²) in [7, 11) is 0. The predicted octanol–water partition coefficient (Wildman–Crippen LogP) is 2.83. The van der Waals surface area contributed by atoms with Crippen LogP contribution in [0.25, 0.3) is 0 Å². The number of hydrogen-bond acceptors (Lipinski definition) is 2. The number of thiophene rings is 1. The van der Waals surface area contributed by atoms with Gasteiger partial charge in [0.05, 0.1) is 6.54 Å². The molecule has 0 radical (unpaired) electrons. The maximum absolute atomic E-state index is 11.8. The van der Waals surface area contributed by atoms with E-state index in [2.05, 4.69) is 5.32 Å². The molecule has 0 fully saturated rings. The zero-order valence-corrected chi connectivity index (χ0v) is 8.58. The van der Waals surface area contributed by atoms with Gasteiger partial charge in [0.25, 0.3) is 0 Å². The van der Waals surface area contributed by atoms with Crippen LogP contribution in [-0.2, 0) is 6.42 Å². The van der Waals surface area contributed by atoms with Crippen LogP contribution in [0.15, 0.2) is 16.8 Å². The van der Waals surface area contributed by atoms with Gasteiger partial charge in [-0.15, -0.1) is 0 Å². The van der Waals surface area contributed by atoms with E-state index in [-0.39, 0.29) is 6.04 Å². The van der Waals surface area contributed by atoms with E-state index in [0.29, 0.717) is 6.42 Å². The van der Waals surface area contributed by atoms with E-state index in [0.717, 1.165) is 5.56 Å². The Morgan fingerprint density at radius 1 is 1.50 bits per heavy atom. The van der Waals surface area contributed by atoms with Crippen molar-refractivity contribution in [1.29, 1.82) is 0 Å². The van der Waals surface area contributed by atoms with Crippen LogP contribution in [0.2, 0.25) is 0 Å². The first kappa shape index (κ1) is 11.5. The molecule has 1 unspecified atom stereocenters. The highest BCUT2D eigenvalue weighted by atomic mass is 32.1. The molecule has 5 heteroatoms. The largest absolute Gasteiger partial charge is 0.401 e. The van der Waals surface area contributed by atoms with Gasteiger partial charge in [0.2, 0.25) is 0 Å². The molecule has 1 atom stereocenters. The fourth-order valence-corrected chi connectivity index (χ4v) is 1.81. The quantitative estimate of drug-likeness (QED) is 0.827. The molecule has 0 spiro atoms. The molecule has 1 N–H and O–H groups in total. The molecule has 1 nitrogen and oxygen atoms in total. The molecule has 0 bridgehead atoms. The highest BCUT2D eigenvalue weighted by Crippen LogP contribution is 2.13. The molecule has 1 aromatic rings. The van der Waals surface area contributed by atoms with Crippen LogP contribution >= 0.6 is 11.3 Å². The van der Waals surface area contributed by atoms with Gasteiger partial charge in [0.15, 0.2) is 0 Å². The minimum Gasteiger partial charge on any atom is -0.306 e. The molecular formula is C9H12F3NS. The van der Waals surface area contributed by atoms with Gasteiger partial charge < -0.3 is 5.32 Å². The summed E-state index contributed by atoms with van der Waals surface area (Å²) in [6.07, 6.45) is -3.48. The Morgan fingerprint density at radius 2 is 2.21 bits per heavy atom. The zero-order valence-electron chi connectivity index (χ0n) is 7.77. The van der Waals surface area contributed by atoms with Crippen LogP contribution in [0.1, 0.15) is 12.5 Å². The Bertz CT molecular complexity index is 256. The first-order valence-electron chi connectivity index (χ1n) is 4.28. The third kappa shape index (κ3) is 4.62. The summed E-state index contributed by atoms with van der Waals surface area (Å²) in [6, 6.07) is 1.78. The Morgan fingerprint density at radius 3 is 2.71 bits per heavy atom. The van der Waals surface area contributed by atoms with Crippen LogP contribution in [0.3, 0.4) is 0 Å². The third-order valence-electron chi connectivity index (χ3n) is 1.77. The molecule has 0 aliphatic carbocycles. The van der Waals surface area contributed by atoms with Crippen LogP contribution in [0.5, 0.6) is 0 Å². The smallest absolute Gasteiger partial charge is 0.306 e. The average Bonchev–Trinajstić information content (AvgIpc) is 2.52. The van der Waals surface area contributed by atoms with E-state index in [1.165, 1.54) is 0 Å². The SMILES string of the molecule is CC(Cc1ccsc1)NCC(F)(F)F. The highest BCUT2D eigenvalue weighted by molar-refractivity contribution is 7.07. The molecule has 1 aromatic heterocycles. The third-order valence-corrected chi connectivity index (χ3v) is 2.51. The molecule has 80 valence electrons. The van der Waals surface area contributed by atoms with Crippen molar-refractivity contribution in [3.63, 3.8) is 0 Å². The molecule has 14 heavy (non-hydrogen) atoms. The lowest BCUT2D eigenvalue weighted by Gasteiger charge is -2.14. The fourth-order valence-electron chi connectivity index (χ4n) is 1.12. The van der Waals surface area contributed by atoms with E-state index in [1.807, 2.05) is 16.8 Å². The van der Waals surface area contributed by atoms with Gasteiger partial charge >= 0.3 is 6.18 Å². The maximum Gasteiger partial charge on any atom is 0.401 e. The van der Waals surface area contributed by atoms with Crippen molar-refractivity contribution in [1.82, 2.24) is 5.32 Å². The van der Waals surface area contributed by atoms with E-state index >= 15 is 0 Å². The minimum atomic E-state index is -4.12. The van der Waals surface area contributed by atoms with Crippen molar-refractivity contribution in [3.05, 3.63) is 22.4 Å². The van der Waals surface area contributed by atoms with Crippen LogP contribution in [-0.4, -0.2) is 18.8 Å². The van der Waals surface area contributed by atoms with Crippen LogP contribution < -0.4 is 5.32 Å². The summed E-state index contributed by atoms with van der Waals surface area (Å²) in [5.74, 6) is 0. The molecule has 0 saturated heterocycles. The van der Waals surface area contributed by atoms with Gasteiger partial charge in [-0.2, -0.15) is 24.5 Å². The second kappa shape index (κ2) is 4.79. The van der Waals surface area contributed by atoms with E-state index in [4.69, 9.17) is 0 Å².